The molecule has 2 aromatic rings. The monoisotopic (exact) mass is 478 g/mol. The number of carbonyl (C=O) groups excluding carboxylic acids is 2. The largest absolute Gasteiger partial charge is 0.480 e. The number of fused-ring (bicyclic) bond motifs is 3. The number of carboxylic acid groups (broad SMARTS) is 1. The number of alkyl carbamates (subject to hydrolysis) is 1. The molecule has 2 aliphatic rings. The number of rotatable bonds is 9. The van der Waals surface area contributed by atoms with Crippen molar-refractivity contribution in [2.75, 3.05) is 6.61 Å². The second-order valence-corrected chi connectivity index (χ2v) is 9.82. The molecule has 7 heteroatoms. The highest BCUT2D eigenvalue weighted by atomic mass is 16.5. The molecule has 35 heavy (non-hydrogen) atoms. The van der Waals surface area contributed by atoms with Crippen molar-refractivity contribution in [3.05, 3.63) is 59.7 Å². The lowest BCUT2D eigenvalue weighted by Gasteiger charge is -2.21. The van der Waals surface area contributed by atoms with E-state index in [9.17, 15) is 19.5 Å². The molecule has 2 amide bonds. The molecule has 3 N–H and O–H groups in total. The smallest absolute Gasteiger partial charge is 0.407 e. The average molecular weight is 479 g/mol. The average Bonchev–Trinajstić information content (AvgIpc) is 3.42. The Hall–Kier alpha value is -3.35. The Morgan fingerprint density at radius 1 is 1.03 bits per heavy atom. The number of aliphatic carboxylic acids is 1. The molecular formula is C28H34N2O5. The van der Waals surface area contributed by atoms with Gasteiger partial charge >= 0.3 is 12.1 Å². The fourth-order valence-electron chi connectivity index (χ4n) is 5.38. The Balaban J connectivity index is 1.25. The maximum absolute atomic E-state index is 12.6. The predicted octanol–water partition coefficient (Wildman–Crippen LogP) is 4.70. The van der Waals surface area contributed by atoms with E-state index in [0.717, 1.165) is 12.8 Å². The van der Waals surface area contributed by atoms with Gasteiger partial charge in [-0.2, -0.15) is 0 Å². The van der Waals surface area contributed by atoms with E-state index in [1.807, 2.05) is 38.1 Å². The van der Waals surface area contributed by atoms with Crippen LogP contribution in [-0.2, 0) is 14.3 Å². The summed E-state index contributed by atoms with van der Waals surface area (Å²) in [5.41, 5.74) is 4.72. The van der Waals surface area contributed by atoms with Gasteiger partial charge in [-0.05, 0) is 53.4 Å². The van der Waals surface area contributed by atoms with Gasteiger partial charge in [-0.1, -0.05) is 68.8 Å². The summed E-state index contributed by atoms with van der Waals surface area (Å²) in [7, 11) is 0. The standard InChI is InChI=1S/C28H34N2O5/c1-3-17(2)26(27(32)33)30-25(31)15-18-12-13-19(14-18)29-28(34)35-16-24-22-10-6-4-8-20(22)21-9-5-7-11-23(21)24/h4-11,17-19,24,26H,3,12-16H2,1-2H3,(H,29,34)(H,30,31)(H,32,33)/t17?,18-,19+,26+/m1/s1. The van der Waals surface area contributed by atoms with Crippen molar-refractivity contribution in [3.63, 3.8) is 0 Å². The summed E-state index contributed by atoms with van der Waals surface area (Å²) in [6.07, 6.45) is 2.76. The third kappa shape index (κ3) is 5.66. The Morgan fingerprint density at radius 3 is 2.26 bits per heavy atom. The first-order valence-corrected chi connectivity index (χ1v) is 12.5. The second kappa shape index (κ2) is 10.9. The molecule has 0 aliphatic heterocycles. The number of amides is 2. The van der Waals surface area contributed by atoms with Gasteiger partial charge in [0.2, 0.25) is 5.91 Å². The number of nitrogens with one attached hydrogen (secondary N) is 2. The van der Waals surface area contributed by atoms with Crippen molar-refractivity contribution in [1.82, 2.24) is 10.6 Å². The van der Waals surface area contributed by atoms with Crippen LogP contribution in [0.15, 0.2) is 48.5 Å². The van der Waals surface area contributed by atoms with E-state index < -0.39 is 18.1 Å². The molecule has 0 radical (unpaired) electrons. The van der Waals surface area contributed by atoms with E-state index in [4.69, 9.17) is 4.74 Å². The fourth-order valence-corrected chi connectivity index (χ4v) is 5.38. The normalized spacial score (nSPS) is 20.4. The van der Waals surface area contributed by atoms with Crippen molar-refractivity contribution < 1.29 is 24.2 Å². The zero-order valence-electron chi connectivity index (χ0n) is 20.3. The van der Waals surface area contributed by atoms with Crippen LogP contribution in [0, 0.1) is 11.8 Å². The molecule has 0 bridgehead atoms. The summed E-state index contributed by atoms with van der Waals surface area (Å²) in [5.74, 6) is -1.26. The number of carboxylic acids is 1. The number of benzene rings is 2. The van der Waals surface area contributed by atoms with Crippen LogP contribution in [-0.4, -0.2) is 41.8 Å². The predicted molar refractivity (Wildman–Crippen MR) is 133 cm³/mol. The topological polar surface area (TPSA) is 105 Å². The number of carbonyl (C=O) groups is 3. The molecule has 2 aliphatic carbocycles. The van der Waals surface area contributed by atoms with Gasteiger partial charge in [-0.15, -0.1) is 0 Å². The zero-order valence-corrected chi connectivity index (χ0v) is 20.3. The quantitative estimate of drug-likeness (QED) is 0.485. The lowest BCUT2D eigenvalue weighted by molar-refractivity contribution is -0.143. The van der Waals surface area contributed by atoms with Gasteiger partial charge in [0.25, 0.3) is 0 Å². The third-order valence-corrected chi connectivity index (χ3v) is 7.48. The van der Waals surface area contributed by atoms with Crippen LogP contribution in [0.5, 0.6) is 0 Å². The van der Waals surface area contributed by atoms with Crippen LogP contribution in [0.2, 0.25) is 0 Å². The molecule has 1 fully saturated rings. The first kappa shape index (κ1) is 24.8. The van der Waals surface area contributed by atoms with E-state index in [1.165, 1.54) is 22.3 Å². The molecule has 0 heterocycles. The summed E-state index contributed by atoms with van der Waals surface area (Å²) in [6.45, 7) is 4.00. The van der Waals surface area contributed by atoms with E-state index in [1.54, 1.807) is 0 Å². The summed E-state index contributed by atoms with van der Waals surface area (Å²) >= 11 is 0. The van der Waals surface area contributed by atoms with Gasteiger partial charge in [0, 0.05) is 18.4 Å². The van der Waals surface area contributed by atoms with Crippen LogP contribution >= 0.6 is 0 Å². The molecule has 0 aromatic heterocycles. The maximum atomic E-state index is 12.6. The lowest BCUT2D eigenvalue weighted by atomic mass is 9.98. The summed E-state index contributed by atoms with van der Waals surface area (Å²) < 4.78 is 5.64. The molecule has 4 atom stereocenters. The molecule has 7 nitrogen and oxygen atoms in total. The molecular weight excluding hydrogens is 444 g/mol. The molecule has 4 rings (SSSR count). The Labute approximate surface area is 206 Å². The van der Waals surface area contributed by atoms with Crippen LogP contribution in [0.3, 0.4) is 0 Å². The Morgan fingerprint density at radius 2 is 1.66 bits per heavy atom. The van der Waals surface area contributed by atoms with E-state index in [-0.39, 0.29) is 42.7 Å². The van der Waals surface area contributed by atoms with Crippen molar-refractivity contribution in [2.24, 2.45) is 11.8 Å². The van der Waals surface area contributed by atoms with Crippen molar-refractivity contribution in [1.29, 1.82) is 0 Å². The van der Waals surface area contributed by atoms with E-state index in [2.05, 4.69) is 34.9 Å². The van der Waals surface area contributed by atoms with E-state index in [0.29, 0.717) is 12.8 Å². The minimum atomic E-state index is -1.01. The number of hydrogen-bond acceptors (Lipinski definition) is 4. The lowest BCUT2D eigenvalue weighted by Crippen LogP contribution is -2.45. The summed E-state index contributed by atoms with van der Waals surface area (Å²) in [5, 5.41) is 15.0. The van der Waals surface area contributed by atoms with Gasteiger partial charge in [0.1, 0.15) is 12.6 Å². The number of hydrogen-bond donors (Lipinski definition) is 3. The molecule has 0 saturated heterocycles. The van der Waals surface area contributed by atoms with Gasteiger partial charge < -0.3 is 20.5 Å². The first-order valence-electron chi connectivity index (χ1n) is 12.5. The van der Waals surface area contributed by atoms with Crippen molar-refractivity contribution in [2.45, 2.75) is 64.0 Å². The number of ether oxygens (including phenoxy) is 1. The highest BCUT2D eigenvalue weighted by molar-refractivity contribution is 5.84. The minimum Gasteiger partial charge on any atom is -0.480 e. The fraction of sp³-hybridized carbons (Fsp3) is 0.464. The summed E-state index contributed by atoms with van der Waals surface area (Å²) in [6, 6.07) is 15.5. The molecule has 186 valence electrons. The van der Waals surface area contributed by atoms with Crippen LogP contribution < -0.4 is 10.6 Å². The van der Waals surface area contributed by atoms with Gasteiger partial charge in [-0.25, -0.2) is 9.59 Å². The van der Waals surface area contributed by atoms with Crippen molar-refractivity contribution >= 4 is 18.0 Å². The SMILES string of the molecule is CCC(C)[C@H](NC(=O)C[C@@H]1CC[C@H](NC(=O)OCC2c3ccccc3-c3ccccc32)C1)C(=O)O. The third-order valence-electron chi connectivity index (χ3n) is 7.48. The molecule has 1 unspecified atom stereocenters. The highest BCUT2D eigenvalue weighted by Crippen LogP contribution is 2.44. The van der Waals surface area contributed by atoms with E-state index >= 15 is 0 Å². The first-order chi connectivity index (χ1) is 16.9. The zero-order chi connectivity index (χ0) is 24.9. The minimum absolute atomic E-state index is 0.0147. The second-order valence-electron chi connectivity index (χ2n) is 9.82. The van der Waals surface area contributed by atoms with Crippen LogP contribution in [0.4, 0.5) is 4.79 Å². The summed E-state index contributed by atoms with van der Waals surface area (Å²) in [4.78, 5) is 36.4. The van der Waals surface area contributed by atoms with Crippen LogP contribution in [0.1, 0.15) is 63.0 Å². The highest BCUT2D eigenvalue weighted by Gasteiger charge is 2.32. The van der Waals surface area contributed by atoms with Gasteiger partial charge in [0.15, 0.2) is 0 Å². The van der Waals surface area contributed by atoms with Gasteiger partial charge in [0.05, 0.1) is 0 Å². The molecule has 2 aromatic carbocycles. The molecule has 1 saturated carbocycles. The Bertz CT molecular complexity index is 1040. The Kier molecular flexibility index (Phi) is 7.73. The van der Waals surface area contributed by atoms with Crippen molar-refractivity contribution in [3.8, 4) is 11.1 Å². The van der Waals surface area contributed by atoms with Gasteiger partial charge in [-0.3, -0.25) is 4.79 Å². The molecule has 0 spiro atoms. The van der Waals surface area contributed by atoms with Crippen LogP contribution in [0.25, 0.3) is 11.1 Å². The maximum Gasteiger partial charge on any atom is 0.407 e.